The van der Waals surface area contributed by atoms with Crippen LogP contribution >= 0.6 is 35.6 Å². The Hall–Kier alpha value is -0.620. The van der Waals surface area contributed by atoms with Crippen LogP contribution in [0.3, 0.4) is 0 Å². The van der Waals surface area contributed by atoms with Gasteiger partial charge in [0.2, 0.25) is 5.91 Å². The second-order valence-corrected chi connectivity index (χ2v) is 5.53. The Morgan fingerprint density at radius 3 is 2.76 bits per heavy atom. The lowest BCUT2D eigenvalue weighted by molar-refractivity contribution is -0.123. The van der Waals surface area contributed by atoms with Crippen LogP contribution < -0.4 is 10.6 Å². The number of benzene rings is 1. The van der Waals surface area contributed by atoms with Crippen LogP contribution in [0.5, 0.6) is 0 Å². The summed E-state index contributed by atoms with van der Waals surface area (Å²) in [6.45, 7) is -0.131. The van der Waals surface area contributed by atoms with Crippen molar-refractivity contribution in [1.29, 1.82) is 0 Å². The van der Waals surface area contributed by atoms with E-state index in [1.54, 1.807) is 12.1 Å². The SMILES string of the molecule is Cl.O=C(NCCc1cccc(Cl)c1Cl)C1CC(F)(F)CN1. The van der Waals surface area contributed by atoms with Gasteiger partial charge < -0.3 is 5.32 Å². The average molecular weight is 360 g/mol. The van der Waals surface area contributed by atoms with Gasteiger partial charge >= 0.3 is 0 Å². The molecular weight excluding hydrogens is 345 g/mol. The molecule has 1 aliphatic rings. The van der Waals surface area contributed by atoms with Crippen molar-refractivity contribution in [2.75, 3.05) is 13.1 Å². The van der Waals surface area contributed by atoms with Crippen LogP contribution in [0.2, 0.25) is 10.0 Å². The van der Waals surface area contributed by atoms with Crippen LogP contribution in [0.15, 0.2) is 18.2 Å². The van der Waals surface area contributed by atoms with Crippen molar-refractivity contribution in [2.24, 2.45) is 0 Å². The van der Waals surface area contributed by atoms with E-state index in [2.05, 4.69) is 10.6 Å². The molecule has 2 rings (SSSR count). The maximum absolute atomic E-state index is 13.0. The third-order valence-electron chi connectivity index (χ3n) is 3.15. The molecule has 0 saturated carbocycles. The van der Waals surface area contributed by atoms with Gasteiger partial charge in [-0.15, -0.1) is 12.4 Å². The second-order valence-electron chi connectivity index (χ2n) is 4.75. The minimum Gasteiger partial charge on any atom is -0.354 e. The summed E-state index contributed by atoms with van der Waals surface area (Å²) in [5.74, 6) is -3.22. The van der Waals surface area contributed by atoms with Crippen LogP contribution in [-0.4, -0.2) is 31.0 Å². The number of alkyl halides is 2. The zero-order valence-electron chi connectivity index (χ0n) is 11.0. The van der Waals surface area contributed by atoms with Crippen molar-refractivity contribution in [3.05, 3.63) is 33.8 Å². The van der Waals surface area contributed by atoms with E-state index in [-0.39, 0.29) is 12.4 Å². The number of amides is 1. The first-order chi connectivity index (χ1) is 9.39. The van der Waals surface area contributed by atoms with E-state index >= 15 is 0 Å². The van der Waals surface area contributed by atoms with Gasteiger partial charge in [-0.05, 0) is 18.1 Å². The summed E-state index contributed by atoms with van der Waals surface area (Å²) in [6.07, 6.45) is 0.0327. The fourth-order valence-electron chi connectivity index (χ4n) is 2.09. The maximum atomic E-state index is 13.0. The fraction of sp³-hybridized carbons (Fsp3) is 0.462. The van der Waals surface area contributed by atoms with Crippen LogP contribution in [0.25, 0.3) is 0 Å². The number of carbonyl (C=O) groups excluding carboxylic acids is 1. The molecule has 1 atom stereocenters. The number of halogens is 5. The molecule has 1 saturated heterocycles. The molecule has 1 unspecified atom stereocenters. The smallest absolute Gasteiger partial charge is 0.262 e. The predicted molar refractivity (Wildman–Crippen MR) is 81.8 cm³/mol. The van der Waals surface area contributed by atoms with Crippen molar-refractivity contribution in [3.8, 4) is 0 Å². The summed E-state index contributed by atoms with van der Waals surface area (Å²) in [4.78, 5) is 11.7. The number of carbonyl (C=O) groups is 1. The summed E-state index contributed by atoms with van der Waals surface area (Å²) < 4.78 is 25.9. The number of rotatable bonds is 4. The van der Waals surface area contributed by atoms with Crippen molar-refractivity contribution in [2.45, 2.75) is 24.8 Å². The highest BCUT2D eigenvalue weighted by atomic mass is 35.5. The monoisotopic (exact) mass is 358 g/mol. The van der Waals surface area contributed by atoms with Gasteiger partial charge in [-0.2, -0.15) is 0 Å². The molecule has 1 heterocycles. The minimum absolute atomic E-state index is 0. The average Bonchev–Trinajstić information content (AvgIpc) is 2.75. The summed E-state index contributed by atoms with van der Waals surface area (Å²) >= 11 is 11.9. The first-order valence-electron chi connectivity index (χ1n) is 6.21. The van der Waals surface area contributed by atoms with Crippen molar-refractivity contribution in [1.82, 2.24) is 10.6 Å². The lowest BCUT2D eigenvalue weighted by Crippen LogP contribution is -2.41. The second kappa shape index (κ2) is 7.58. The van der Waals surface area contributed by atoms with Gasteiger partial charge in [0.1, 0.15) is 0 Å². The van der Waals surface area contributed by atoms with Gasteiger partial charge in [-0.1, -0.05) is 35.3 Å². The van der Waals surface area contributed by atoms with Gasteiger partial charge in [-0.25, -0.2) is 8.78 Å². The number of hydrogen-bond acceptors (Lipinski definition) is 2. The number of hydrogen-bond donors (Lipinski definition) is 2. The Morgan fingerprint density at radius 2 is 2.14 bits per heavy atom. The maximum Gasteiger partial charge on any atom is 0.262 e. The van der Waals surface area contributed by atoms with Gasteiger partial charge in [-0.3, -0.25) is 10.1 Å². The van der Waals surface area contributed by atoms with Crippen LogP contribution in [0.1, 0.15) is 12.0 Å². The molecule has 2 N–H and O–H groups in total. The third-order valence-corrected chi connectivity index (χ3v) is 4.01. The molecule has 1 amide bonds. The van der Waals surface area contributed by atoms with E-state index in [0.717, 1.165) is 5.56 Å². The predicted octanol–water partition coefficient (Wildman–Crippen LogP) is 3.07. The first-order valence-corrected chi connectivity index (χ1v) is 6.96. The normalized spacial score (nSPS) is 19.9. The quantitative estimate of drug-likeness (QED) is 0.867. The van der Waals surface area contributed by atoms with Crippen LogP contribution in [0.4, 0.5) is 8.78 Å². The summed E-state index contributed by atoms with van der Waals surface area (Å²) in [7, 11) is 0. The molecule has 118 valence electrons. The van der Waals surface area contributed by atoms with E-state index in [9.17, 15) is 13.6 Å². The highest BCUT2D eigenvalue weighted by Crippen LogP contribution is 2.26. The molecule has 21 heavy (non-hydrogen) atoms. The van der Waals surface area contributed by atoms with Crippen molar-refractivity contribution in [3.63, 3.8) is 0 Å². The highest BCUT2D eigenvalue weighted by molar-refractivity contribution is 6.42. The molecule has 1 fully saturated rings. The fourth-order valence-corrected chi connectivity index (χ4v) is 2.50. The van der Waals surface area contributed by atoms with Gasteiger partial charge in [0.25, 0.3) is 5.92 Å². The van der Waals surface area contributed by atoms with E-state index < -0.39 is 30.8 Å². The molecule has 0 spiro atoms. The van der Waals surface area contributed by atoms with E-state index in [1.165, 1.54) is 0 Å². The van der Waals surface area contributed by atoms with Gasteiger partial charge in [0.15, 0.2) is 0 Å². The highest BCUT2D eigenvalue weighted by Gasteiger charge is 2.42. The van der Waals surface area contributed by atoms with Gasteiger partial charge in [0.05, 0.1) is 22.6 Å². The molecule has 1 aliphatic heterocycles. The largest absolute Gasteiger partial charge is 0.354 e. The van der Waals surface area contributed by atoms with Gasteiger partial charge in [0, 0.05) is 13.0 Å². The molecular formula is C13H15Cl3F2N2O. The molecule has 8 heteroatoms. The van der Waals surface area contributed by atoms with Crippen molar-refractivity contribution < 1.29 is 13.6 Å². The lowest BCUT2D eigenvalue weighted by Gasteiger charge is -2.12. The summed E-state index contributed by atoms with van der Waals surface area (Å²) in [5, 5.41) is 6.03. The zero-order valence-corrected chi connectivity index (χ0v) is 13.3. The summed E-state index contributed by atoms with van der Waals surface area (Å²) in [6, 6.07) is 4.42. The lowest BCUT2D eigenvalue weighted by atomic mass is 10.1. The Kier molecular flexibility index (Phi) is 6.66. The molecule has 0 bridgehead atoms. The molecule has 0 aliphatic carbocycles. The molecule has 1 aromatic carbocycles. The Morgan fingerprint density at radius 1 is 1.43 bits per heavy atom. The minimum atomic E-state index is -2.81. The Labute approximate surface area is 137 Å². The standard InChI is InChI=1S/C13H14Cl2F2N2O.ClH/c14-9-3-1-2-8(11(9)15)4-5-18-12(20)10-6-13(16,17)7-19-10;/h1-3,10,19H,4-7H2,(H,18,20);1H. The van der Waals surface area contributed by atoms with E-state index in [0.29, 0.717) is 23.0 Å². The Balaban J connectivity index is 0.00000220. The zero-order chi connectivity index (χ0) is 14.8. The van der Waals surface area contributed by atoms with Crippen LogP contribution in [-0.2, 0) is 11.2 Å². The molecule has 3 nitrogen and oxygen atoms in total. The summed E-state index contributed by atoms with van der Waals surface area (Å²) in [5.41, 5.74) is 0.809. The first kappa shape index (κ1) is 18.4. The van der Waals surface area contributed by atoms with E-state index in [4.69, 9.17) is 23.2 Å². The topological polar surface area (TPSA) is 41.1 Å². The Bertz CT molecular complexity index is 514. The third kappa shape index (κ3) is 4.95. The molecule has 1 aromatic rings. The molecule has 0 aromatic heterocycles. The number of nitrogens with one attached hydrogen (secondary N) is 2. The van der Waals surface area contributed by atoms with Crippen molar-refractivity contribution >= 4 is 41.5 Å². The van der Waals surface area contributed by atoms with E-state index in [1.807, 2.05) is 6.07 Å². The van der Waals surface area contributed by atoms with Crippen LogP contribution in [0, 0.1) is 0 Å². The molecule has 0 radical (unpaired) electrons.